The first-order valence-corrected chi connectivity index (χ1v) is 4.80. The lowest BCUT2D eigenvalue weighted by atomic mass is 9.83. The highest BCUT2D eigenvalue weighted by Crippen LogP contribution is 2.34. The molecule has 78 valence electrons. The third-order valence-corrected chi connectivity index (χ3v) is 2.83. The predicted molar refractivity (Wildman–Crippen MR) is 57.7 cm³/mol. The third-order valence-electron chi connectivity index (χ3n) is 2.83. The van der Waals surface area contributed by atoms with Crippen LogP contribution in [-0.2, 0) is 5.41 Å². The number of phenolic OH excluding ortho intramolecular Hbond substituents is 1. The summed E-state index contributed by atoms with van der Waals surface area (Å²) in [5.74, 6) is 0.309. The first-order valence-electron chi connectivity index (χ1n) is 4.80. The molecule has 0 aliphatic heterocycles. The molecule has 0 aliphatic carbocycles. The molecule has 0 radical (unpaired) electrons. The fourth-order valence-corrected chi connectivity index (χ4v) is 1.43. The Hall–Kier alpha value is -1.02. The quantitative estimate of drug-likeness (QED) is 0.758. The van der Waals surface area contributed by atoms with Crippen LogP contribution in [-0.4, -0.2) is 16.8 Å². The third kappa shape index (κ3) is 1.75. The summed E-state index contributed by atoms with van der Waals surface area (Å²) < 4.78 is 0. The molecule has 0 bridgehead atoms. The summed E-state index contributed by atoms with van der Waals surface area (Å²) >= 11 is 0. The number of rotatable bonds is 2. The Kier molecular flexibility index (Phi) is 2.86. The van der Waals surface area contributed by atoms with Gasteiger partial charge in [0.25, 0.3) is 0 Å². The van der Waals surface area contributed by atoms with Crippen LogP contribution in [0.4, 0.5) is 0 Å². The molecule has 0 unspecified atom stereocenters. The van der Waals surface area contributed by atoms with E-state index in [1.807, 2.05) is 39.8 Å². The minimum Gasteiger partial charge on any atom is -0.507 e. The molecule has 0 fully saturated rings. The fourth-order valence-electron chi connectivity index (χ4n) is 1.43. The second-order valence-corrected chi connectivity index (χ2v) is 4.45. The molecule has 0 aliphatic rings. The van der Waals surface area contributed by atoms with Crippen molar-refractivity contribution in [1.29, 1.82) is 0 Å². The summed E-state index contributed by atoms with van der Waals surface area (Å²) in [6.07, 6.45) is 0. The molecule has 14 heavy (non-hydrogen) atoms. The van der Waals surface area contributed by atoms with E-state index in [1.165, 1.54) is 0 Å². The van der Waals surface area contributed by atoms with E-state index in [2.05, 4.69) is 0 Å². The maximum Gasteiger partial charge on any atom is 0.122 e. The van der Waals surface area contributed by atoms with Gasteiger partial charge in [0.2, 0.25) is 0 Å². The Morgan fingerprint density at radius 2 is 1.79 bits per heavy atom. The number of phenols is 1. The van der Waals surface area contributed by atoms with Crippen molar-refractivity contribution in [2.24, 2.45) is 0 Å². The van der Waals surface area contributed by atoms with Gasteiger partial charge in [0.15, 0.2) is 0 Å². The lowest BCUT2D eigenvalue weighted by Gasteiger charge is -2.24. The van der Waals surface area contributed by atoms with Crippen LogP contribution in [0.3, 0.4) is 0 Å². The number of hydrogen-bond donors (Lipinski definition) is 2. The van der Waals surface area contributed by atoms with E-state index in [-0.39, 0.29) is 12.0 Å². The van der Waals surface area contributed by atoms with E-state index in [0.717, 1.165) is 16.7 Å². The van der Waals surface area contributed by atoms with Crippen LogP contribution in [0.25, 0.3) is 0 Å². The minimum absolute atomic E-state index is 0.0308. The van der Waals surface area contributed by atoms with Gasteiger partial charge < -0.3 is 10.2 Å². The largest absolute Gasteiger partial charge is 0.507 e. The second-order valence-electron chi connectivity index (χ2n) is 4.45. The molecule has 2 heteroatoms. The van der Waals surface area contributed by atoms with Gasteiger partial charge in [0.1, 0.15) is 5.75 Å². The van der Waals surface area contributed by atoms with Crippen LogP contribution in [0.15, 0.2) is 12.1 Å². The first-order chi connectivity index (χ1) is 6.40. The Morgan fingerprint density at radius 3 is 2.29 bits per heavy atom. The smallest absolute Gasteiger partial charge is 0.122 e. The molecule has 0 saturated heterocycles. The summed E-state index contributed by atoms with van der Waals surface area (Å²) in [7, 11) is 0. The predicted octanol–water partition coefficient (Wildman–Crippen LogP) is 2.28. The molecule has 0 spiro atoms. The second kappa shape index (κ2) is 3.62. The lowest BCUT2D eigenvalue weighted by molar-refractivity contribution is 0.215. The van der Waals surface area contributed by atoms with Gasteiger partial charge >= 0.3 is 0 Å². The highest BCUT2D eigenvalue weighted by molar-refractivity contribution is 5.47. The minimum atomic E-state index is -0.386. The zero-order valence-corrected chi connectivity index (χ0v) is 9.26. The number of aliphatic hydroxyl groups is 1. The Morgan fingerprint density at radius 1 is 1.21 bits per heavy atom. The van der Waals surface area contributed by atoms with E-state index in [4.69, 9.17) is 0 Å². The van der Waals surface area contributed by atoms with Crippen molar-refractivity contribution in [1.82, 2.24) is 0 Å². The van der Waals surface area contributed by atoms with Crippen molar-refractivity contribution in [3.8, 4) is 5.75 Å². The van der Waals surface area contributed by atoms with Crippen LogP contribution in [0, 0.1) is 13.8 Å². The molecule has 1 aromatic carbocycles. The summed E-state index contributed by atoms with van der Waals surface area (Å²) in [4.78, 5) is 0. The van der Waals surface area contributed by atoms with Crippen molar-refractivity contribution in [2.45, 2.75) is 33.1 Å². The Labute approximate surface area is 85.2 Å². The zero-order valence-electron chi connectivity index (χ0n) is 9.26. The first kappa shape index (κ1) is 11.1. The molecule has 2 nitrogen and oxygen atoms in total. The molecule has 2 N–H and O–H groups in total. The molecule has 0 atom stereocenters. The van der Waals surface area contributed by atoms with Gasteiger partial charge in [-0.15, -0.1) is 0 Å². The molecule has 1 rings (SSSR count). The van der Waals surface area contributed by atoms with Crippen molar-refractivity contribution < 1.29 is 10.2 Å². The average Bonchev–Trinajstić information content (AvgIpc) is 2.14. The van der Waals surface area contributed by atoms with Crippen LogP contribution in [0.1, 0.15) is 30.5 Å². The van der Waals surface area contributed by atoms with Gasteiger partial charge in [-0.3, -0.25) is 0 Å². The number of aromatic hydroxyl groups is 1. The maximum absolute atomic E-state index is 9.93. The van der Waals surface area contributed by atoms with Crippen molar-refractivity contribution in [3.05, 3.63) is 28.8 Å². The van der Waals surface area contributed by atoms with Gasteiger partial charge in [0.05, 0.1) is 6.61 Å². The van der Waals surface area contributed by atoms with E-state index in [0.29, 0.717) is 5.75 Å². The topological polar surface area (TPSA) is 40.5 Å². The van der Waals surface area contributed by atoms with Crippen LogP contribution < -0.4 is 0 Å². The SMILES string of the molecule is Cc1ccc(C(C)(C)CO)c(O)c1C. The van der Waals surface area contributed by atoms with Crippen molar-refractivity contribution in [3.63, 3.8) is 0 Å². The summed E-state index contributed by atoms with van der Waals surface area (Å²) in [6, 6.07) is 3.86. The maximum atomic E-state index is 9.93. The van der Waals surface area contributed by atoms with Crippen molar-refractivity contribution >= 4 is 0 Å². The standard InChI is InChI=1S/C12H18O2/c1-8-5-6-10(11(14)9(8)2)12(3,4)7-13/h5-6,13-14H,7H2,1-4H3. The van der Waals surface area contributed by atoms with Crippen LogP contribution in [0.5, 0.6) is 5.75 Å². The Balaban J connectivity index is 3.31. The number of aryl methyl sites for hydroxylation is 1. The van der Waals surface area contributed by atoms with Crippen LogP contribution in [0.2, 0.25) is 0 Å². The average molecular weight is 194 g/mol. The molecular formula is C12H18O2. The molecule has 0 aromatic heterocycles. The monoisotopic (exact) mass is 194 g/mol. The highest BCUT2D eigenvalue weighted by atomic mass is 16.3. The number of aliphatic hydroxyl groups excluding tert-OH is 1. The van der Waals surface area contributed by atoms with E-state index < -0.39 is 0 Å². The van der Waals surface area contributed by atoms with Gasteiger partial charge in [-0.2, -0.15) is 0 Å². The van der Waals surface area contributed by atoms with Crippen LogP contribution >= 0.6 is 0 Å². The molecule has 0 heterocycles. The summed E-state index contributed by atoms with van der Waals surface area (Å²) in [5.41, 5.74) is 2.38. The Bertz CT molecular complexity index is 340. The number of benzene rings is 1. The molecule has 0 saturated carbocycles. The van der Waals surface area contributed by atoms with Gasteiger partial charge in [-0.25, -0.2) is 0 Å². The summed E-state index contributed by atoms with van der Waals surface area (Å²) in [6.45, 7) is 7.71. The van der Waals surface area contributed by atoms with E-state index in [1.54, 1.807) is 0 Å². The highest BCUT2D eigenvalue weighted by Gasteiger charge is 2.23. The lowest BCUT2D eigenvalue weighted by Crippen LogP contribution is -2.22. The molecule has 0 amide bonds. The molecular weight excluding hydrogens is 176 g/mol. The fraction of sp³-hybridized carbons (Fsp3) is 0.500. The normalized spacial score (nSPS) is 11.8. The van der Waals surface area contributed by atoms with E-state index >= 15 is 0 Å². The van der Waals surface area contributed by atoms with Crippen molar-refractivity contribution in [2.75, 3.05) is 6.61 Å². The number of hydrogen-bond acceptors (Lipinski definition) is 2. The van der Waals surface area contributed by atoms with Gasteiger partial charge in [-0.05, 0) is 25.0 Å². The van der Waals surface area contributed by atoms with Gasteiger partial charge in [0, 0.05) is 11.0 Å². The zero-order chi connectivity index (χ0) is 10.9. The molecule has 1 aromatic rings. The van der Waals surface area contributed by atoms with E-state index in [9.17, 15) is 10.2 Å². The summed E-state index contributed by atoms with van der Waals surface area (Å²) in [5, 5.41) is 19.2. The van der Waals surface area contributed by atoms with Gasteiger partial charge in [-0.1, -0.05) is 26.0 Å².